The van der Waals surface area contributed by atoms with Gasteiger partial charge in [-0.2, -0.15) is 0 Å². The molecule has 90 valence electrons. The van der Waals surface area contributed by atoms with Crippen LogP contribution in [0.5, 0.6) is 0 Å². The van der Waals surface area contributed by atoms with E-state index in [1.807, 2.05) is 31.2 Å². The molecule has 0 aliphatic carbocycles. The van der Waals surface area contributed by atoms with Gasteiger partial charge in [0.1, 0.15) is 0 Å². The Morgan fingerprint density at radius 1 is 1.50 bits per heavy atom. The van der Waals surface area contributed by atoms with Crippen molar-refractivity contribution in [1.82, 2.24) is 5.32 Å². The molecule has 16 heavy (non-hydrogen) atoms. The van der Waals surface area contributed by atoms with E-state index in [1.54, 1.807) is 0 Å². The molecule has 4 nitrogen and oxygen atoms in total. The van der Waals surface area contributed by atoms with Crippen LogP contribution < -0.4 is 10.5 Å². The van der Waals surface area contributed by atoms with Crippen molar-refractivity contribution in [2.24, 2.45) is 5.14 Å². The number of rotatable bonds is 5. The molecule has 0 unspecified atom stereocenters. The molecule has 0 amide bonds. The minimum absolute atomic E-state index is 0.0503. The summed E-state index contributed by atoms with van der Waals surface area (Å²) >= 11 is 3.39. The van der Waals surface area contributed by atoms with E-state index in [1.165, 1.54) is 0 Å². The fourth-order valence-corrected chi connectivity index (χ4v) is 2.13. The van der Waals surface area contributed by atoms with Gasteiger partial charge < -0.3 is 5.32 Å². The topological polar surface area (TPSA) is 72.2 Å². The number of sulfonamides is 1. The smallest absolute Gasteiger partial charge is 0.210 e. The van der Waals surface area contributed by atoms with Gasteiger partial charge in [0.15, 0.2) is 0 Å². The molecule has 6 heteroatoms. The number of hydrogen-bond acceptors (Lipinski definition) is 3. The van der Waals surface area contributed by atoms with E-state index in [2.05, 4.69) is 21.2 Å². The lowest BCUT2D eigenvalue weighted by molar-refractivity contribution is 0.573. The van der Waals surface area contributed by atoms with Gasteiger partial charge in [0.05, 0.1) is 5.75 Å². The standard InChI is InChI=1S/C10H15BrN2O2S/c1-8(13-5-6-16(12,14)15)9-3-2-4-10(11)7-9/h2-4,7-8,13H,5-6H2,1H3,(H2,12,14,15)/t8-/m0/s1. The van der Waals surface area contributed by atoms with Crippen molar-refractivity contribution in [2.75, 3.05) is 12.3 Å². The fraction of sp³-hybridized carbons (Fsp3) is 0.400. The minimum Gasteiger partial charge on any atom is -0.309 e. The number of nitrogens with two attached hydrogens (primary N) is 1. The van der Waals surface area contributed by atoms with Crippen LogP contribution in [0.15, 0.2) is 28.7 Å². The van der Waals surface area contributed by atoms with Gasteiger partial charge in [-0.05, 0) is 24.6 Å². The van der Waals surface area contributed by atoms with Crippen LogP contribution in [0.3, 0.4) is 0 Å². The molecule has 1 atom stereocenters. The van der Waals surface area contributed by atoms with Crippen molar-refractivity contribution in [2.45, 2.75) is 13.0 Å². The Balaban J connectivity index is 2.50. The molecule has 0 aliphatic rings. The highest BCUT2D eigenvalue weighted by molar-refractivity contribution is 9.10. The summed E-state index contributed by atoms with van der Waals surface area (Å²) in [6, 6.07) is 7.96. The van der Waals surface area contributed by atoms with Crippen molar-refractivity contribution >= 4 is 26.0 Å². The zero-order valence-electron chi connectivity index (χ0n) is 8.98. The summed E-state index contributed by atoms with van der Waals surface area (Å²) in [6.45, 7) is 2.33. The number of hydrogen-bond donors (Lipinski definition) is 2. The molecule has 1 aromatic rings. The molecule has 0 saturated carbocycles. The maximum Gasteiger partial charge on any atom is 0.210 e. The molecular formula is C10H15BrN2O2S. The van der Waals surface area contributed by atoms with E-state index in [9.17, 15) is 8.42 Å². The van der Waals surface area contributed by atoms with Crippen LogP contribution in [-0.2, 0) is 10.0 Å². The number of halogens is 1. The van der Waals surface area contributed by atoms with Gasteiger partial charge >= 0.3 is 0 Å². The van der Waals surface area contributed by atoms with Crippen LogP contribution in [0.25, 0.3) is 0 Å². The highest BCUT2D eigenvalue weighted by Gasteiger charge is 2.07. The second kappa shape index (κ2) is 5.77. The third kappa shape index (κ3) is 5.07. The second-order valence-corrected chi connectivity index (χ2v) is 6.25. The van der Waals surface area contributed by atoms with Gasteiger partial charge in [-0.25, -0.2) is 13.6 Å². The molecule has 0 aliphatic heterocycles. The predicted molar refractivity (Wildman–Crippen MR) is 68.5 cm³/mol. The van der Waals surface area contributed by atoms with Crippen molar-refractivity contribution in [1.29, 1.82) is 0 Å². The monoisotopic (exact) mass is 306 g/mol. The highest BCUT2D eigenvalue weighted by Crippen LogP contribution is 2.17. The largest absolute Gasteiger partial charge is 0.309 e. The molecule has 0 spiro atoms. The van der Waals surface area contributed by atoms with E-state index in [0.29, 0.717) is 6.54 Å². The summed E-state index contributed by atoms with van der Waals surface area (Å²) in [5, 5.41) is 8.01. The molecule has 0 aromatic heterocycles. The molecule has 3 N–H and O–H groups in total. The van der Waals surface area contributed by atoms with Crippen LogP contribution in [0.1, 0.15) is 18.5 Å². The Morgan fingerprint density at radius 3 is 2.75 bits per heavy atom. The van der Waals surface area contributed by atoms with Gasteiger partial charge in [0, 0.05) is 17.1 Å². The van der Waals surface area contributed by atoms with Crippen LogP contribution in [0.2, 0.25) is 0 Å². The SMILES string of the molecule is C[C@H](NCCS(N)(=O)=O)c1cccc(Br)c1. The van der Waals surface area contributed by atoms with Crippen LogP contribution >= 0.6 is 15.9 Å². The molecule has 0 fully saturated rings. The zero-order valence-corrected chi connectivity index (χ0v) is 11.4. The first-order chi connectivity index (χ1) is 7.38. The maximum absolute atomic E-state index is 10.7. The first-order valence-electron chi connectivity index (χ1n) is 4.88. The summed E-state index contributed by atoms with van der Waals surface area (Å²) in [5.41, 5.74) is 1.10. The minimum atomic E-state index is -3.38. The van der Waals surface area contributed by atoms with Gasteiger partial charge in [0.25, 0.3) is 0 Å². The van der Waals surface area contributed by atoms with Crippen molar-refractivity contribution in [3.63, 3.8) is 0 Å². The van der Waals surface area contributed by atoms with Crippen LogP contribution in [0, 0.1) is 0 Å². The Morgan fingerprint density at radius 2 is 2.19 bits per heavy atom. The lowest BCUT2D eigenvalue weighted by Gasteiger charge is -2.13. The third-order valence-electron chi connectivity index (χ3n) is 2.19. The number of nitrogens with one attached hydrogen (secondary N) is 1. The molecule has 1 rings (SSSR count). The third-order valence-corrected chi connectivity index (χ3v) is 3.45. The maximum atomic E-state index is 10.7. The molecule has 0 saturated heterocycles. The van der Waals surface area contributed by atoms with Crippen molar-refractivity contribution < 1.29 is 8.42 Å². The Kier molecular flexibility index (Phi) is 4.91. The van der Waals surface area contributed by atoms with Crippen molar-refractivity contribution in [3.05, 3.63) is 34.3 Å². The molecular weight excluding hydrogens is 292 g/mol. The van der Waals surface area contributed by atoms with E-state index < -0.39 is 10.0 Å². The summed E-state index contributed by atoms with van der Waals surface area (Å²) in [7, 11) is -3.38. The van der Waals surface area contributed by atoms with Gasteiger partial charge in [-0.15, -0.1) is 0 Å². The summed E-state index contributed by atoms with van der Waals surface area (Å²) in [6.07, 6.45) is 0. The highest BCUT2D eigenvalue weighted by atomic mass is 79.9. The lowest BCUT2D eigenvalue weighted by Crippen LogP contribution is -2.28. The van der Waals surface area contributed by atoms with Gasteiger partial charge in [-0.1, -0.05) is 28.1 Å². The molecule has 0 heterocycles. The van der Waals surface area contributed by atoms with Gasteiger partial charge in [0.2, 0.25) is 10.0 Å². The molecule has 0 bridgehead atoms. The predicted octanol–water partition coefficient (Wildman–Crippen LogP) is 1.39. The molecule has 1 aromatic carbocycles. The quantitative estimate of drug-likeness (QED) is 0.863. The van der Waals surface area contributed by atoms with Gasteiger partial charge in [-0.3, -0.25) is 0 Å². The van der Waals surface area contributed by atoms with E-state index in [4.69, 9.17) is 5.14 Å². The average Bonchev–Trinajstić information content (AvgIpc) is 2.15. The Bertz CT molecular complexity index is 448. The lowest BCUT2D eigenvalue weighted by atomic mass is 10.1. The zero-order chi connectivity index (χ0) is 12.2. The summed E-state index contributed by atoms with van der Waals surface area (Å²) in [5.74, 6) is -0.0503. The van der Waals surface area contributed by atoms with E-state index in [0.717, 1.165) is 10.0 Å². The number of benzene rings is 1. The Labute approximate surface area is 104 Å². The second-order valence-electron chi connectivity index (χ2n) is 3.60. The normalized spacial score (nSPS) is 13.7. The van der Waals surface area contributed by atoms with Crippen molar-refractivity contribution in [3.8, 4) is 0 Å². The van der Waals surface area contributed by atoms with Crippen LogP contribution in [-0.4, -0.2) is 20.7 Å². The number of primary sulfonamides is 1. The average molecular weight is 307 g/mol. The van der Waals surface area contributed by atoms with Crippen LogP contribution in [0.4, 0.5) is 0 Å². The summed E-state index contributed by atoms with van der Waals surface area (Å²) in [4.78, 5) is 0. The first kappa shape index (κ1) is 13.6. The summed E-state index contributed by atoms with van der Waals surface area (Å²) < 4.78 is 22.5. The first-order valence-corrected chi connectivity index (χ1v) is 7.38. The van der Waals surface area contributed by atoms with E-state index >= 15 is 0 Å². The van der Waals surface area contributed by atoms with E-state index in [-0.39, 0.29) is 11.8 Å². The fourth-order valence-electron chi connectivity index (χ4n) is 1.31. The Hall–Kier alpha value is -0.430. The molecule has 0 radical (unpaired) electrons.